The Hall–Kier alpha value is -4.52. The fourth-order valence-corrected chi connectivity index (χ4v) is 6.72. The number of aromatic nitrogens is 2. The number of pyridine rings is 1. The van der Waals surface area contributed by atoms with E-state index in [1.807, 2.05) is 18.2 Å². The van der Waals surface area contributed by atoms with Gasteiger partial charge in [-0.25, -0.2) is 14.6 Å². The van der Waals surface area contributed by atoms with E-state index in [0.29, 0.717) is 40.8 Å². The van der Waals surface area contributed by atoms with Crippen LogP contribution in [0, 0.1) is 5.92 Å². The Kier molecular flexibility index (Phi) is 10.2. The molecule has 0 spiro atoms. The van der Waals surface area contributed by atoms with Crippen LogP contribution in [0.25, 0.3) is 0 Å². The molecule has 3 saturated heterocycles. The number of carbonyl (C=O) groups is 2. The van der Waals surface area contributed by atoms with Crippen molar-refractivity contribution in [1.29, 1.82) is 0 Å². The molecule has 0 unspecified atom stereocenters. The molecule has 7 rings (SSSR count). The van der Waals surface area contributed by atoms with Gasteiger partial charge in [0.1, 0.15) is 35.1 Å². The summed E-state index contributed by atoms with van der Waals surface area (Å²) in [4.78, 5) is 35.2. The van der Waals surface area contributed by atoms with Crippen LogP contribution >= 0.6 is 23.2 Å². The molecule has 12 nitrogen and oxygen atoms in total. The second kappa shape index (κ2) is 14.7. The number of methoxy groups -OCH3 is 2. The molecule has 2 aromatic carbocycles. The Morgan fingerprint density at radius 3 is 2.42 bits per heavy atom. The maximum absolute atomic E-state index is 13.5. The van der Waals surface area contributed by atoms with Gasteiger partial charge in [0.25, 0.3) is 0 Å². The molecule has 3 fully saturated rings. The van der Waals surface area contributed by atoms with Gasteiger partial charge in [-0.1, -0.05) is 47.5 Å². The summed E-state index contributed by atoms with van der Waals surface area (Å²) >= 11 is 12.8. The van der Waals surface area contributed by atoms with Crippen molar-refractivity contribution in [2.45, 2.75) is 38.0 Å². The molecule has 2 atom stereocenters. The van der Waals surface area contributed by atoms with E-state index in [4.69, 9.17) is 46.6 Å². The molecule has 2 bridgehead atoms. The summed E-state index contributed by atoms with van der Waals surface area (Å²) in [7, 11) is 3.01. The van der Waals surface area contributed by atoms with Crippen molar-refractivity contribution < 1.29 is 42.9 Å². The van der Waals surface area contributed by atoms with Crippen LogP contribution < -0.4 is 19.1 Å². The predicted molar refractivity (Wildman–Crippen MR) is 174 cm³/mol. The summed E-state index contributed by atoms with van der Waals surface area (Å²) in [6.07, 6.45) is 4.17. The zero-order valence-corrected chi connectivity index (χ0v) is 27.9. The van der Waals surface area contributed by atoms with Crippen LogP contribution in [0.3, 0.4) is 0 Å². The van der Waals surface area contributed by atoms with E-state index in [1.54, 1.807) is 30.3 Å². The van der Waals surface area contributed by atoms with Gasteiger partial charge in [0, 0.05) is 28.9 Å². The summed E-state index contributed by atoms with van der Waals surface area (Å²) < 4.78 is 29.2. The van der Waals surface area contributed by atoms with E-state index in [0.717, 1.165) is 30.7 Å². The third kappa shape index (κ3) is 7.46. The van der Waals surface area contributed by atoms with E-state index in [1.165, 1.54) is 37.8 Å². The zero-order valence-electron chi connectivity index (χ0n) is 26.4. The van der Waals surface area contributed by atoms with Crippen LogP contribution in [0.2, 0.25) is 10.0 Å². The largest absolute Gasteiger partial charge is 0.493 e. The molecule has 3 aliphatic rings. The summed E-state index contributed by atoms with van der Waals surface area (Å²) in [5.74, 6) is 0.569. The highest BCUT2D eigenvalue weighted by Crippen LogP contribution is 2.36. The van der Waals surface area contributed by atoms with Gasteiger partial charge in [-0.2, -0.15) is 0 Å². The average molecular weight is 699 g/mol. The maximum Gasteiger partial charge on any atom is 0.415 e. The molecule has 1 N–H and O–H groups in total. The van der Waals surface area contributed by atoms with Crippen molar-refractivity contribution >= 4 is 41.0 Å². The van der Waals surface area contributed by atoms with Crippen LogP contribution in [0.4, 0.5) is 10.5 Å². The average Bonchev–Trinajstić information content (AvgIpc) is 3.57. The van der Waals surface area contributed by atoms with Crippen molar-refractivity contribution in [3.63, 3.8) is 0 Å². The van der Waals surface area contributed by atoms with Crippen molar-refractivity contribution in [3.8, 4) is 11.5 Å². The Morgan fingerprint density at radius 2 is 1.77 bits per heavy atom. The minimum absolute atomic E-state index is 0.0532. The Balaban J connectivity index is 1.22. The zero-order chi connectivity index (χ0) is 33.8. The molecule has 14 heteroatoms. The Labute approximate surface area is 287 Å². The van der Waals surface area contributed by atoms with E-state index >= 15 is 0 Å². The number of amides is 1. The number of anilines is 1. The lowest BCUT2D eigenvalue weighted by Crippen LogP contribution is -2.53. The van der Waals surface area contributed by atoms with Crippen LogP contribution in [0.1, 0.15) is 46.5 Å². The standard InChI is InChI=1S/C34H35Cl2N4O8/c1-44-28-9-8-22(14-30(28)45-2)29(15-24-25(35)16-39(43)17-26(24)36)47-33(41)27-20-46-32(37-27)19-40(23-6-4-3-5-7-23)34(42)48-31-18-38-12-10-21(31)11-13-38/h3-9,14,16-17,20-21,29,31,43H,10-13,15,18-19H2,1-2H3/q+1/t29-,31-/m0/s1. The fourth-order valence-electron chi connectivity index (χ4n) is 6.11. The number of carbonyl (C=O) groups excluding carboxylic acids is 2. The normalized spacial score (nSPS) is 19.0. The molecule has 0 radical (unpaired) electrons. The summed E-state index contributed by atoms with van der Waals surface area (Å²) in [6, 6.07) is 14.2. The third-order valence-corrected chi connectivity index (χ3v) is 9.33. The number of esters is 1. The second-order valence-corrected chi connectivity index (χ2v) is 12.4. The highest BCUT2D eigenvalue weighted by atomic mass is 35.5. The minimum atomic E-state index is -0.917. The SMILES string of the molecule is COc1ccc([C@H](Cc2c(Cl)c[n+](O)cc2Cl)OC(=O)c2coc(CN(C(=O)O[C@H]3CN4CCC3CC4)c3ccccc3)n2)cc1OC. The molecule has 252 valence electrons. The highest BCUT2D eigenvalue weighted by molar-refractivity contribution is 6.35. The Bertz CT molecular complexity index is 1740. The van der Waals surface area contributed by atoms with E-state index in [2.05, 4.69) is 9.88 Å². The second-order valence-electron chi connectivity index (χ2n) is 11.6. The third-order valence-electron chi connectivity index (χ3n) is 8.68. The van der Waals surface area contributed by atoms with E-state index in [-0.39, 0.29) is 40.7 Å². The van der Waals surface area contributed by atoms with Gasteiger partial charge in [0.2, 0.25) is 18.3 Å². The van der Waals surface area contributed by atoms with E-state index < -0.39 is 18.2 Å². The molecule has 0 aliphatic carbocycles. The van der Waals surface area contributed by atoms with Crippen LogP contribution in [0.5, 0.6) is 11.5 Å². The quantitative estimate of drug-likeness (QED) is 0.115. The first-order chi connectivity index (χ1) is 23.2. The van der Waals surface area contributed by atoms with Crippen LogP contribution in [0.15, 0.2) is 71.6 Å². The van der Waals surface area contributed by atoms with E-state index in [9.17, 15) is 14.8 Å². The topological polar surface area (TPSA) is 128 Å². The first kappa shape index (κ1) is 33.4. The molecular weight excluding hydrogens is 663 g/mol. The number of oxazole rings is 1. The van der Waals surface area contributed by atoms with Gasteiger partial charge in [0.05, 0.1) is 14.2 Å². The summed E-state index contributed by atoms with van der Waals surface area (Å²) in [6.45, 7) is 2.69. The molecule has 2 aromatic heterocycles. The minimum Gasteiger partial charge on any atom is -0.493 e. The number of fused-ring (bicyclic) bond motifs is 3. The first-order valence-corrected chi connectivity index (χ1v) is 16.2. The maximum atomic E-state index is 13.5. The van der Waals surface area contributed by atoms with Gasteiger partial charge in [-0.15, -0.1) is 0 Å². The fraction of sp³-hybridized carbons (Fsp3) is 0.353. The monoisotopic (exact) mass is 697 g/mol. The lowest BCUT2D eigenvalue weighted by atomic mass is 9.86. The van der Waals surface area contributed by atoms with Gasteiger partial charge in [-0.3, -0.25) is 15.0 Å². The molecule has 1 amide bonds. The summed E-state index contributed by atoms with van der Waals surface area (Å²) in [5, 5.41) is 10.2. The van der Waals surface area contributed by atoms with Gasteiger partial charge in [0.15, 0.2) is 17.2 Å². The van der Waals surface area contributed by atoms with Crippen LogP contribution in [-0.4, -0.2) is 67.1 Å². The molecule has 48 heavy (non-hydrogen) atoms. The number of nitrogens with zero attached hydrogens (tertiary/aromatic N) is 4. The van der Waals surface area contributed by atoms with Crippen molar-refractivity contribution in [2.24, 2.45) is 5.92 Å². The number of halogens is 2. The smallest absolute Gasteiger partial charge is 0.415 e. The van der Waals surface area contributed by atoms with Gasteiger partial charge in [-0.05, 0) is 61.7 Å². The van der Waals surface area contributed by atoms with Crippen molar-refractivity contribution in [2.75, 3.05) is 38.8 Å². The number of piperidine rings is 3. The molecule has 5 heterocycles. The summed E-state index contributed by atoms with van der Waals surface area (Å²) in [5.41, 5.74) is 1.49. The predicted octanol–water partition coefficient (Wildman–Crippen LogP) is 5.90. The Morgan fingerprint density at radius 1 is 1.06 bits per heavy atom. The lowest BCUT2D eigenvalue weighted by Gasteiger charge is -2.44. The first-order valence-electron chi connectivity index (χ1n) is 15.4. The van der Waals surface area contributed by atoms with Crippen LogP contribution in [-0.2, 0) is 22.4 Å². The number of hydrogen-bond acceptors (Lipinski definition) is 10. The molecule has 4 aromatic rings. The highest BCUT2D eigenvalue weighted by Gasteiger charge is 2.38. The number of hydrogen-bond donors (Lipinski definition) is 1. The van der Waals surface area contributed by atoms with Gasteiger partial charge < -0.3 is 23.4 Å². The van der Waals surface area contributed by atoms with Crippen molar-refractivity contribution in [3.05, 3.63) is 99.9 Å². The molecule has 0 saturated carbocycles. The number of rotatable bonds is 11. The lowest BCUT2D eigenvalue weighted by molar-refractivity contribution is -0.904. The van der Waals surface area contributed by atoms with Crippen molar-refractivity contribution in [1.82, 2.24) is 9.88 Å². The number of para-hydroxylation sites is 1. The molecular formula is C34H35Cl2N4O8+. The van der Waals surface area contributed by atoms with Gasteiger partial charge >= 0.3 is 12.1 Å². The molecule has 3 aliphatic heterocycles. The number of benzene rings is 2. The number of ether oxygens (including phenoxy) is 4.